The molecule has 1 aromatic carbocycles. The van der Waals surface area contributed by atoms with Crippen LogP contribution in [0.15, 0.2) is 30.6 Å². The molecule has 3 aromatic rings. The molecule has 3 rings (SSSR count). The number of aromatic nitrogens is 2. The van der Waals surface area contributed by atoms with Gasteiger partial charge in [0.25, 0.3) is 0 Å². The molecule has 0 aliphatic carbocycles. The van der Waals surface area contributed by atoms with Crippen LogP contribution in [0.4, 0.5) is 11.5 Å². The third kappa shape index (κ3) is 3.65. The first-order valence-electron chi connectivity index (χ1n) is 8.18. The second-order valence-electron chi connectivity index (χ2n) is 6.27. The van der Waals surface area contributed by atoms with Crippen molar-refractivity contribution in [2.24, 2.45) is 5.92 Å². The molecule has 26 heavy (non-hydrogen) atoms. The number of ether oxygens (including phenoxy) is 1. The molecule has 0 unspecified atom stereocenters. The van der Waals surface area contributed by atoms with Crippen LogP contribution < -0.4 is 5.32 Å². The second-order valence-corrected chi connectivity index (χ2v) is 7.27. The molecule has 0 fully saturated rings. The highest BCUT2D eigenvalue weighted by molar-refractivity contribution is 7.20. The Kier molecular flexibility index (Phi) is 5.14. The van der Waals surface area contributed by atoms with Crippen molar-refractivity contribution in [3.05, 3.63) is 46.6 Å². The summed E-state index contributed by atoms with van der Waals surface area (Å²) in [6, 6.07) is 9.25. The summed E-state index contributed by atoms with van der Waals surface area (Å²) in [5, 5.41) is 13.1. The van der Waals surface area contributed by atoms with E-state index in [1.165, 1.54) is 17.7 Å². The second kappa shape index (κ2) is 7.50. The minimum absolute atomic E-state index is 0.276. The van der Waals surface area contributed by atoms with Gasteiger partial charge in [-0.25, -0.2) is 14.8 Å². The maximum atomic E-state index is 12.4. The number of anilines is 2. The molecule has 0 aliphatic rings. The number of carbonyl (C=O) groups excluding carboxylic acids is 1. The predicted molar refractivity (Wildman–Crippen MR) is 102 cm³/mol. The van der Waals surface area contributed by atoms with Crippen LogP contribution in [0.2, 0.25) is 0 Å². The first kappa shape index (κ1) is 17.8. The van der Waals surface area contributed by atoms with Crippen molar-refractivity contribution in [2.75, 3.05) is 11.9 Å². The van der Waals surface area contributed by atoms with Gasteiger partial charge in [0.1, 0.15) is 21.9 Å². The lowest BCUT2D eigenvalue weighted by molar-refractivity contribution is 0.0464. The normalized spacial score (nSPS) is 10.7. The van der Waals surface area contributed by atoms with Gasteiger partial charge in [0.2, 0.25) is 0 Å². The number of nitriles is 1. The number of nitrogens with one attached hydrogen (secondary N) is 1. The molecule has 0 spiro atoms. The number of carbonyl (C=O) groups is 1. The average Bonchev–Trinajstić information content (AvgIpc) is 2.98. The fourth-order valence-corrected chi connectivity index (χ4v) is 3.51. The Bertz CT molecular complexity index is 1000. The summed E-state index contributed by atoms with van der Waals surface area (Å²) in [5.74, 6) is 0.538. The number of aryl methyl sites for hydroxylation is 1. The van der Waals surface area contributed by atoms with E-state index < -0.39 is 0 Å². The van der Waals surface area contributed by atoms with Gasteiger partial charge in [-0.2, -0.15) is 5.26 Å². The maximum absolute atomic E-state index is 12.4. The zero-order valence-corrected chi connectivity index (χ0v) is 15.6. The van der Waals surface area contributed by atoms with Crippen molar-refractivity contribution in [2.45, 2.75) is 20.8 Å². The molecular weight excluding hydrogens is 348 g/mol. The van der Waals surface area contributed by atoms with Crippen LogP contribution in [0.5, 0.6) is 0 Å². The Morgan fingerprint density at radius 2 is 2.19 bits per heavy atom. The number of hydrogen-bond donors (Lipinski definition) is 1. The largest absolute Gasteiger partial charge is 0.461 e. The van der Waals surface area contributed by atoms with Gasteiger partial charge in [0.15, 0.2) is 0 Å². The standard InChI is InChI=1S/C19H18N4O2S/c1-11(2)9-25-19(24)16-12(3)15-17(21-10-22-18(15)26-16)23-14-6-4-5-13(7-14)8-20/h4-7,10-11H,9H2,1-3H3,(H,21,22,23). The summed E-state index contributed by atoms with van der Waals surface area (Å²) in [5.41, 5.74) is 2.09. The predicted octanol–water partition coefficient (Wildman–Crippen LogP) is 4.43. The van der Waals surface area contributed by atoms with Gasteiger partial charge in [-0.15, -0.1) is 11.3 Å². The molecule has 1 N–H and O–H groups in total. The minimum Gasteiger partial charge on any atom is -0.461 e. The van der Waals surface area contributed by atoms with Gasteiger partial charge < -0.3 is 10.1 Å². The van der Waals surface area contributed by atoms with Gasteiger partial charge in [0.05, 0.1) is 23.6 Å². The number of nitrogens with zero attached hydrogens (tertiary/aromatic N) is 3. The van der Waals surface area contributed by atoms with Gasteiger partial charge in [-0.3, -0.25) is 0 Å². The Hall–Kier alpha value is -2.98. The Labute approximate surface area is 155 Å². The highest BCUT2D eigenvalue weighted by Crippen LogP contribution is 2.34. The van der Waals surface area contributed by atoms with E-state index in [4.69, 9.17) is 10.00 Å². The average molecular weight is 366 g/mol. The quantitative estimate of drug-likeness (QED) is 0.672. The summed E-state index contributed by atoms with van der Waals surface area (Å²) < 4.78 is 5.36. The first-order chi connectivity index (χ1) is 12.5. The fourth-order valence-electron chi connectivity index (χ4n) is 2.47. The van der Waals surface area contributed by atoms with Crippen molar-refractivity contribution in [1.29, 1.82) is 5.26 Å². The number of fused-ring (bicyclic) bond motifs is 1. The van der Waals surface area contributed by atoms with E-state index in [0.29, 0.717) is 27.7 Å². The zero-order chi connectivity index (χ0) is 18.7. The molecule has 0 aliphatic heterocycles. The highest BCUT2D eigenvalue weighted by atomic mass is 32.1. The summed E-state index contributed by atoms with van der Waals surface area (Å²) in [6.07, 6.45) is 1.46. The molecule has 0 atom stereocenters. The number of benzene rings is 1. The van der Waals surface area contributed by atoms with Crippen molar-refractivity contribution < 1.29 is 9.53 Å². The van der Waals surface area contributed by atoms with E-state index in [9.17, 15) is 4.79 Å². The SMILES string of the molecule is Cc1c(C(=O)OCC(C)C)sc2ncnc(Nc3cccc(C#N)c3)c12. The molecule has 7 heteroatoms. The molecule has 0 amide bonds. The van der Waals surface area contributed by atoms with E-state index in [2.05, 4.69) is 21.4 Å². The lowest BCUT2D eigenvalue weighted by Gasteiger charge is -2.08. The molecule has 132 valence electrons. The van der Waals surface area contributed by atoms with Crippen LogP contribution in [-0.4, -0.2) is 22.5 Å². The zero-order valence-electron chi connectivity index (χ0n) is 14.7. The molecular formula is C19H18N4O2S. The van der Waals surface area contributed by atoms with Crippen LogP contribution in [0.25, 0.3) is 10.2 Å². The van der Waals surface area contributed by atoms with Crippen molar-refractivity contribution in [1.82, 2.24) is 9.97 Å². The smallest absolute Gasteiger partial charge is 0.348 e. The number of rotatable bonds is 5. The molecule has 2 heterocycles. The summed E-state index contributed by atoms with van der Waals surface area (Å²) in [6.45, 7) is 6.23. The Morgan fingerprint density at radius 1 is 1.38 bits per heavy atom. The lowest BCUT2D eigenvalue weighted by Crippen LogP contribution is -2.09. The summed E-state index contributed by atoms with van der Waals surface area (Å²) >= 11 is 1.30. The van der Waals surface area contributed by atoms with Crippen molar-refractivity contribution in [3.8, 4) is 6.07 Å². The van der Waals surface area contributed by atoms with E-state index in [1.807, 2.05) is 26.8 Å². The van der Waals surface area contributed by atoms with Crippen LogP contribution in [0.1, 0.15) is 34.6 Å². The van der Waals surface area contributed by atoms with Gasteiger partial charge in [-0.05, 0) is 36.6 Å². The van der Waals surface area contributed by atoms with Gasteiger partial charge in [-0.1, -0.05) is 19.9 Å². The van der Waals surface area contributed by atoms with Crippen LogP contribution in [0.3, 0.4) is 0 Å². The Balaban J connectivity index is 1.97. The highest BCUT2D eigenvalue weighted by Gasteiger charge is 2.20. The first-order valence-corrected chi connectivity index (χ1v) is 8.99. The molecule has 6 nitrogen and oxygen atoms in total. The number of thiophene rings is 1. The molecule has 0 saturated heterocycles. The van der Waals surface area contributed by atoms with Crippen LogP contribution in [-0.2, 0) is 4.74 Å². The summed E-state index contributed by atoms with van der Waals surface area (Å²) in [7, 11) is 0. The van der Waals surface area contributed by atoms with Crippen molar-refractivity contribution >= 4 is 39.0 Å². The lowest BCUT2D eigenvalue weighted by atomic mass is 10.2. The third-order valence-electron chi connectivity index (χ3n) is 3.71. The molecule has 0 radical (unpaired) electrons. The maximum Gasteiger partial charge on any atom is 0.348 e. The van der Waals surface area contributed by atoms with Crippen molar-refractivity contribution in [3.63, 3.8) is 0 Å². The minimum atomic E-state index is -0.336. The van der Waals surface area contributed by atoms with Crippen LogP contribution in [0, 0.1) is 24.2 Å². The van der Waals surface area contributed by atoms with E-state index in [1.54, 1.807) is 18.2 Å². The van der Waals surface area contributed by atoms with Crippen LogP contribution >= 0.6 is 11.3 Å². The number of hydrogen-bond acceptors (Lipinski definition) is 7. The Morgan fingerprint density at radius 3 is 2.92 bits per heavy atom. The number of esters is 1. The van der Waals surface area contributed by atoms with E-state index in [-0.39, 0.29) is 11.9 Å². The van der Waals surface area contributed by atoms with E-state index in [0.717, 1.165) is 16.6 Å². The topological polar surface area (TPSA) is 87.9 Å². The summed E-state index contributed by atoms with van der Waals surface area (Å²) in [4.78, 5) is 22.2. The molecule has 0 bridgehead atoms. The third-order valence-corrected chi connectivity index (χ3v) is 4.89. The monoisotopic (exact) mass is 366 g/mol. The molecule has 0 saturated carbocycles. The fraction of sp³-hybridized carbons (Fsp3) is 0.263. The van der Waals surface area contributed by atoms with E-state index >= 15 is 0 Å². The van der Waals surface area contributed by atoms with Gasteiger partial charge in [0, 0.05) is 5.69 Å². The van der Waals surface area contributed by atoms with Gasteiger partial charge >= 0.3 is 5.97 Å². The molecule has 2 aromatic heterocycles.